The molecule has 0 radical (unpaired) electrons. The van der Waals surface area contributed by atoms with Crippen LogP contribution in [0.15, 0.2) is 29.4 Å². The van der Waals surface area contributed by atoms with Crippen molar-refractivity contribution < 1.29 is 5.21 Å². The first kappa shape index (κ1) is 17.8. The molecule has 21 heavy (non-hydrogen) atoms. The first-order valence-electron chi connectivity index (χ1n) is 7.33. The van der Waals surface area contributed by atoms with Crippen molar-refractivity contribution in [1.82, 2.24) is 5.32 Å². The molecule has 5 heteroatoms. The number of hydrogen-bond donors (Lipinski definition) is 3. The Morgan fingerprint density at radius 1 is 1.33 bits per heavy atom. The van der Waals surface area contributed by atoms with Crippen molar-refractivity contribution in [2.24, 2.45) is 16.3 Å². The van der Waals surface area contributed by atoms with Gasteiger partial charge in [-0.25, -0.2) is 0 Å². The van der Waals surface area contributed by atoms with Crippen molar-refractivity contribution >= 4 is 17.4 Å². The minimum absolute atomic E-state index is 0.253. The van der Waals surface area contributed by atoms with E-state index in [1.807, 2.05) is 38.1 Å². The molecule has 1 rings (SSSR count). The third-order valence-corrected chi connectivity index (χ3v) is 4.10. The number of hydrogen-bond acceptors (Lipinski definition) is 3. The second kappa shape index (κ2) is 8.25. The van der Waals surface area contributed by atoms with Crippen molar-refractivity contribution in [3.63, 3.8) is 0 Å². The highest BCUT2D eigenvalue weighted by Crippen LogP contribution is 2.23. The van der Waals surface area contributed by atoms with Gasteiger partial charge in [-0.3, -0.25) is 0 Å². The number of rotatable bonds is 8. The third kappa shape index (κ3) is 5.94. The van der Waals surface area contributed by atoms with Gasteiger partial charge in [-0.1, -0.05) is 49.2 Å². The fraction of sp³-hybridized carbons (Fsp3) is 0.562. The zero-order valence-corrected chi connectivity index (χ0v) is 13.8. The fourth-order valence-electron chi connectivity index (χ4n) is 2.14. The van der Waals surface area contributed by atoms with E-state index in [9.17, 15) is 0 Å². The highest BCUT2D eigenvalue weighted by molar-refractivity contribution is 6.30. The van der Waals surface area contributed by atoms with Gasteiger partial charge in [0.15, 0.2) is 0 Å². The standard InChI is InChI=1S/C16H26ClN3O/c1-12(13-6-8-14(17)9-7-13)19-11-5-4-10-16(2,3)15(18)20-21/h6-9,12,19,21H,4-5,10-11H2,1-3H3,(H2,18,20)/t12-/m1/s1. The van der Waals surface area contributed by atoms with E-state index in [4.69, 9.17) is 22.5 Å². The summed E-state index contributed by atoms with van der Waals surface area (Å²) >= 11 is 5.88. The monoisotopic (exact) mass is 311 g/mol. The Balaban J connectivity index is 2.27. The largest absolute Gasteiger partial charge is 0.409 e. The summed E-state index contributed by atoms with van der Waals surface area (Å²) in [6.07, 6.45) is 2.99. The Morgan fingerprint density at radius 3 is 2.52 bits per heavy atom. The molecule has 0 bridgehead atoms. The number of nitrogens with two attached hydrogens (primary N) is 1. The van der Waals surface area contributed by atoms with Crippen LogP contribution in [0.1, 0.15) is 51.6 Å². The minimum atomic E-state index is -0.253. The maximum atomic E-state index is 8.73. The van der Waals surface area contributed by atoms with E-state index in [-0.39, 0.29) is 5.41 Å². The number of nitrogens with zero attached hydrogens (tertiary/aromatic N) is 1. The highest BCUT2D eigenvalue weighted by atomic mass is 35.5. The van der Waals surface area contributed by atoms with E-state index in [1.165, 1.54) is 5.56 Å². The predicted molar refractivity (Wildman–Crippen MR) is 88.9 cm³/mol. The van der Waals surface area contributed by atoms with Crippen LogP contribution in [0.5, 0.6) is 0 Å². The van der Waals surface area contributed by atoms with E-state index >= 15 is 0 Å². The first-order chi connectivity index (χ1) is 9.86. The molecule has 0 unspecified atom stereocenters. The summed E-state index contributed by atoms with van der Waals surface area (Å²) < 4.78 is 0. The number of unbranched alkanes of at least 4 members (excludes halogenated alkanes) is 1. The van der Waals surface area contributed by atoms with Crippen LogP contribution < -0.4 is 11.1 Å². The topological polar surface area (TPSA) is 70.6 Å². The average Bonchev–Trinajstić information content (AvgIpc) is 2.46. The summed E-state index contributed by atoms with van der Waals surface area (Å²) in [5.41, 5.74) is 6.65. The SMILES string of the molecule is C[C@@H](NCCCCC(C)(C)/C(N)=N/O)c1ccc(Cl)cc1. The van der Waals surface area contributed by atoms with E-state index in [0.29, 0.717) is 11.9 Å². The van der Waals surface area contributed by atoms with Crippen LogP contribution in [-0.2, 0) is 0 Å². The molecule has 1 aromatic carbocycles. The Kier molecular flexibility index (Phi) is 6.99. The zero-order valence-electron chi connectivity index (χ0n) is 13.1. The van der Waals surface area contributed by atoms with Crippen LogP contribution >= 0.6 is 11.6 Å². The van der Waals surface area contributed by atoms with Crippen LogP contribution in [0, 0.1) is 5.41 Å². The van der Waals surface area contributed by atoms with Crippen molar-refractivity contribution in [2.45, 2.75) is 46.1 Å². The summed E-state index contributed by atoms with van der Waals surface area (Å²) in [6, 6.07) is 8.21. The van der Waals surface area contributed by atoms with Crippen molar-refractivity contribution in [1.29, 1.82) is 0 Å². The Hall–Kier alpha value is -1.26. The van der Waals surface area contributed by atoms with Gasteiger partial charge >= 0.3 is 0 Å². The quantitative estimate of drug-likeness (QED) is 0.224. The van der Waals surface area contributed by atoms with Gasteiger partial charge in [-0.05, 0) is 44.0 Å². The lowest BCUT2D eigenvalue weighted by atomic mass is 9.86. The smallest absolute Gasteiger partial charge is 0.144 e. The summed E-state index contributed by atoms with van der Waals surface area (Å²) in [5, 5.41) is 16.1. The van der Waals surface area contributed by atoms with Gasteiger partial charge in [-0.15, -0.1) is 0 Å². The lowest BCUT2D eigenvalue weighted by molar-refractivity contribution is 0.304. The van der Waals surface area contributed by atoms with E-state index in [1.54, 1.807) is 0 Å². The van der Waals surface area contributed by atoms with Gasteiger partial charge in [0, 0.05) is 16.5 Å². The Morgan fingerprint density at radius 2 is 1.95 bits per heavy atom. The molecule has 0 saturated carbocycles. The second-order valence-electron chi connectivity index (χ2n) is 6.05. The normalized spacial score (nSPS) is 14.2. The summed E-state index contributed by atoms with van der Waals surface area (Å²) in [6.45, 7) is 7.07. The summed E-state index contributed by atoms with van der Waals surface area (Å²) in [4.78, 5) is 0. The lowest BCUT2D eigenvalue weighted by Gasteiger charge is -2.22. The molecular weight excluding hydrogens is 286 g/mol. The van der Waals surface area contributed by atoms with Crippen molar-refractivity contribution in [3.8, 4) is 0 Å². The summed E-state index contributed by atoms with van der Waals surface area (Å²) in [7, 11) is 0. The van der Waals surface area contributed by atoms with Crippen molar-refractivity contribution in [3.05, 3.63) is 34.9 Å². The first-order valence-corrected chi connectivity index (χ1v) is 7.71. The van der Waals surface area contributed by atoms with Gasteiger partial charge in [0.05, 0.1) is 0 Å². The van der Waals surface area contributed by atoms with Gasteiger partial charge in [0.1, 0.15) is 5.84 Å². The third-order valence-electron chi connectivity index (χ3n) is 3.85. The molecule has 1 aromatic rings. The average molecular weight is 312 g/mol. The van der Waals surface area contributed by atoms with Crippen LogP contribution in [0.4, 0.5) is 0 Å². The van der Waals surface area contributed by atoms with E-state index in [0.717, 1.165) is 30.8 Å². The fourth-order valence-corrected chi connectivity index (χ4v) is 2.27. The molecule has 0 spiro atoms. The maximum Gasteiger partial charge on any atom is 0.144 e. The molecule has 0 amide bonds. The number of nitrogens with one attached hydrogen (secondary N) is 1. The van der Waals surface area contributed by atoms with Crippen molar-refractivity contribution in [2.75, 3.05) is 6.54 Å². The Labute approximate surface area is 132 Å². The molecule has 0 aliphatic heterocycles. The summed E-state index contributed by atoms with van der Waals surface area (Å²) in [5.74, 6) is 0.296. The number of amidine groups is 1. The van der Waals surface area contributed by atoms with E-state index in [2.05, 4.69) is 17.4 Å². The molecule has 4 N–H and O–H groups in total. The van der Waals surface area contributed by atoms with Crippen LogP contribution in [0.25, 0.3) is 0 Å². The zero-order chi connectivity index (χ0) is 15.9. The molecule has 1 atom stereocenters. The number of benzene rings is 1. The molecule has 0 saturated heterocycles. The van der Waals surface area contributed by atoms with Gasteiger partial charge in [0.2, 0.25) is 0 Å². The molecular formula is C16H26ClN3O. The lowest BCUT2D eigenvalue weighted by Crippen LogP contribution is -2.32. The van der Waals surface area contributed by atoms with Gasteiger partial charge in [0.25, 0.3) is 0 Å². The maximum absolute atomic E-state index is 8.73. The predicted octanol–water partition coefficient (Wildman–Crippen LogP) is 3.93. The van der Waals surface area contributed by atoms with E-state index < -0.39 is 0 Å². The molecule has 0 aromatic heterocycles. The highest BCUT2D eigenvalue weighted by Gasteiger charge is 2.22. The molecule has 0 fully saturated rings. The molecule has 4 nitrogen and oxygen atoms in total. The van der Waals surface area contributed by atoms with Crippen LogP contribution in [0.2, 0.25) is 5.02 Å². The number of halogens is 1. The molecule has 118 valence electrons. The minimum Gasteiger partial charge on any atom is -0.409 e. The van der Waals surface area contributed by atoms with Gasteiger partial charge < -0.3 is 16.3 Å². The van der Waals surface area contributed by atoms with Gasteiger partial charge in [-0.2, -0.15) is 0 Å². The van der Waals surface area contributed by atoms with Crippen LogP contribution in [0.3, 0.4) is 0 Å². The molecule has 0 heterocycles. The molecule has 0 aliphatic carbocycles. The van der Waals surface area contributed by atoms with Crippen LogP contribution in [-0.4, -0.2) is 17.6 Å². The Bertz CT molecular complexity index is 457. The second-order valence-corrected chi connectivity index (χ2v) is 6.49. The number of oxime groups is 1. The molecule has 0 aliphatic rings.